The SMILES string of the molecule is CC1=NN2C(=O)C=CN(C)C2/C=C(\c2ccc(C(F)(F)F)cc2)C=C1. The molecule has 25 heavy (non-hydrogen) atoms. The zero-order valence-corrected chi connectivity index (χ0v) is 13.7. The summed E-state index contributed by atoms with van der Waals surface area (Å²) in [5.74, 6) is -0.249. The molecule has 0 saturated heterocycles. The van der Waals surface area contributed by atoms with Gasteiger partial charge in [-0.2, -0.15) is 18.3 Å². The van der Waals surface area contributed by atoms with Crippen molar-refractivity contribution in [1.82, 2.24) is 9.91 Å². The minimum atomic E-state index is -4.37. The van der Waals surface area contributed by atoms with Gasteiger partial charge in [0.15, 0.2) is 0 Å². The second-order valence-corrected chi connectivity index (χ2v) is 5.85. The number of allylic oxidation sites excluding steroid dienone is 3. The second-order valence-electron chi connectivity index (χ2n) is 5.85. The van der Waals surface area contributed by atoms with E-state index in [1.807, 2.05) is 0 Å². The van der Waals surface area contributed by atoms with Crippen LogP contribution in [-0.4, -0.2) is 34.7 Å². The third-order valence-electron chi connectivity index (χ3n) is 3.99. The van der Waals surface area contributed by atoms with Gasteiger partial charge in [0.2, 0.25) is 0 Å². The van der Waals surface area contributed by atoms with Crippen LogP contribution in [0.2, 0.25) is 0 Å². The van der Waals surface area contributed by atoms with Gasteiger partial charge in [-0.3, -0.25) is 4.79 Å². The largest absolute Gasteiger partial charge is 0.416 e. The molecule has 130 valence electrons. The third-order valence-corrected chi connectivity index (χ3v) is 3.99. The highest BCUT2D eigenvalue weighted by Crippen LogP contribution is 2.31. The summed E-state index contributed by atoms with van der Waals surface area (Å²) in [4.78, 5) is 13.9. The zero-order chi connectivity index (χ0) is 18.2. The molecule has 2 heterocycles. The number of carbonyl (C=O) groups is 1. The van der Waals surface area contributed by atoms with Crippen LogP contribution >= 0.6 is 0 Å². The molecule has 0 spiro atoms. The lowest BCUT2D eigenvalue weighted by Gasteiger charge is -2.35. The van der Waals surface area contributed by atoms with Crippen LogP contribution < -0.4 is 0 Å². The van der Waals surface area contributed by atoms with Gasteiger partial charge in [0.25, 0.3) is 5.91 Å². The van der Waals surface area contributed by atoms with E-state index in [0.29, 0.717) is 16.8 Å². The second kappa shape index (κ2) is 6.23. The van der Waals surface area contributed by atoms with Crippen molar-refractivity contribution in [3.05, 3.63) is 65.9 Å². The molecule has 1 unspecified atom stereocenters. The Morgan fingerprint density at radius 1 is 1.08 bits per heavy atom. The number of carbonyl (C=O) groups excluding carboxylic acids is 1. The smallest absolute Gasteiger partial charge is 0.356 e. The fourth-order valence-electron chi connectivity index (χ4n) is 2.62. The van der Waals surface area contributed by atoms with Crippen molar-refractivity contribution in [2.75, 3.05) is 7.05 Å². The fourth-order valence-corrected chi connectivity index (χ4v) is 2.62. The predicted molar refractivity (Wildman–Crippen MR) is 89.2 cm³/mol. The first-order valence-corrected chi connectivity index (χ1v) is 7.62. The quantitative estimate of drug-likeness (QED) is 0.777. The van der Waals surface area contributed by atoms with E-state index in [1.54, 1.807) is 43.3 Å². The van der Waals surface area contributed by atoms with E-state index < -0.39 is 17.9 Å². The van der Waals surface area contributed by atoms with Crippen molar-refractivity contribution >= 4 is 17.2 Å². The van der Waals surface area contributed by atoms with Crippen LogP contribution in [0.3, 0.4) is 0 Å². The van der Waals surface area contributed by atoms with Gasteiger partial charge in [0, 0.05) is 19.3 Å². The summed E-state index contributed by atoms with van der Waals surface area (Å²) in [6.07, 6.45) is 3.57. The summed E-state index contributed by atoms with van der Waals surface area (Å²) in [6.45, 7) is 1.76. The maximum atomic E-state index is 12.7. The van der Waals surface area contributed by atoms with Crippen LogP contribution in [0.5, 0.6) is 0 Å². The van der Waals surface area contributed by atoms with Crippen LogP contribution in [0.1, 0.15) is 18.1 Å². The van der Waals surface area contributed by atoms with Crippen LogP contribution in [0, 0.1) is 0 Å². The molecule has 0 aliphatic carbocycles. The summed E-state index contributed by atoms with van der Waals surface area (Å²) in [5, 5.41) is 5.64. The third kappa shape index (κ3) is 3.50. The van der Waals surface area contributed by atoms with Crippen molar-refractivity contribution in [1.29, 1.82) is 0 Å². The molecule has 1 amide bonds. The lowest BCUT2D eigenvalue weighted by atomic mass is 10.0. The van der Waals surface area contributed by atoms with Gasteiger partial charge in [-0.05, 0) is 42.3 Å². The normalized spacial score (nSPS) is 22.8. The number of fused-ring (bicyclic) bond motifs is 1. The average molecular weight is 347 g/mol. The highest BCUT2D eigenvalue weighted by Gasteiger charge is 2.30. The highest BCUT2D eigenvalue weighted by molar-refractivity contribution is 5.98. The van der Waals surface area contributed by atoms with Crippen LogP contribution in [-0.2, 0) is 11.0 Å². The molecule has 0 saturated carbocycles. The van der Waals surface area contributed by atoms with Gasteiger partial charge >= 0.3 is 6.18 Å². The molecule has 0 fully saturated rings. The number of rotatable bonds is 1. The summed E-state index contributed by atoms with van der Waals surface area (Å²) >= 11 is 0. The Hall–Kier alpha value is -2.83. The molecule has 2 aliphatic heterocycles. The van der Waals surface area contributed by atoms with Gasteiger partial charge in [-0.15, -0.1) is 0 Å². The molecular formula is C18H16F3N3O. The lowest BCUT2D eigenvalue weighted by Crippen LogP contribution is -2.46. The summed E-state index contributed by atoms with van der Waals surface area (Å²) < 4.78 is 38.2. The van der Waals surface area contributed by atoms with Gasteiger partial charge < -0.3 is 4.90 Å². The number of likely N-dealkylation sites (N-methyl/N-ethyl adjacent to an activating group) is 1. The topological polar surface area (TPSA) is 35.9 Å². The Morgan fingerprint density at radius 3 is 2.40 bits per heavy atom. The molecule has 0 N–H and O–H groups in total. The Balaban J connectivity index is 2.03. The predicted octanol–water partition coefficient (Wildman–Crippen LogP) is 3.65. The van der Waals surface area contributed by atoms with Crippen molar-refractivity contribution in [2.24, 2.45) is 5.10 Å². The first kappa shape index (κ1) is 17.0. The number of amides is 1. The molecule has 3 rings (SSSR count). The molecule has 1 aromatic rings. The van der Waals surface area contributed by atoms with E-state index in [4.69, 9.17) is 0 Å². The lowest BCUT2D eigenvalue weighted by molar-refractivity contribution is -0.137. The standard InChI is InChI=1S/C18H16F3N3O/c1-12-3-4-14(13-5-7-15(8-6-13)18(19,20)21)11-16-23(2)10-9-17(25)24(16)22-12/h3-11,16H,1-2H3/b4-3?,14-11-,22-12?. The minimum Gasteiger partial charge on any atom is -0.356 e. The number of hydrogen-bond donors (Lipinski definition) is 0. The molecule has 4 nitrogen and oxygen atoms in total. The van der Waals surface area contributed by atoms with Crippen LogP contribution in [0.4, 0.5) is 13.2 Å². The maximum absolute atomic E-state index is 12.7. The van der Waals surface area contributed by atoms with Crippen molar-refractivity contribution < 1.29 is 18.0 Å². The molecular weight excluding hydrogens is 331 g/mol. The van der Waals surface area contributed by atoms with E-state index in [1.165, 1.54) is 23.2 Å². The Bertz CT molecular complexity index is 804. The van der Waals surface area contributed by atoms with Crippen molar-refractivity contribution in [3.63, 3.8) is 0 Å². The van der Waals surface area contributed by atoms with E-state index in [0.717, 1.165) is 12.1 Å². The monoisotopic (exact) mass is 347 g/mol. The molecule has 7 heteroatoms. The first-order chi connectivity index (χ1) is 11.8. The zero-order valence-electron chi connectivity index (χ0n) is 13.7. The van der Waals surface area contributed by atoms with Crippen molar-refractivity contribution in [2.45, 2.75) is 19.3 Å². The molecule has 0 aromatic heterocycles. The van der Waals surface area contributed by atoms with Gasteiger partial charge in [-0.1, -0.05) is 18.2 Å². The molecule has 0 radical (unpaired) electrons. The average Bonchev–Trinajstić information content (AvgIpc) is 2.54. The number of benzene rings is 1. The molecule has 1 aromatic carbocycles. The summed E-state index contributed by atoms with van der Waals surface area (Å²) in [5.41, 5.74) is 1.28. The van der Waals surface area contributed by atoms with E-state index in [-0.39, 0.29) is 5.91 Å². The summed E-state index contributed by atoms with van der Waals surface area (Å²) in [7, 11) is 1.80. The molecule has 1 atom stereocenters. The maximum Gasteiger partial charge on any atom is 0.416 e. The number of alkyl halides is 3. The Kier molecular flexibility index (Phi) is 4.24. The summed E-state index contributed by atoms with van der Waals surface area (Å²) in [6, 6.07) is 4.96. The highest BCUT2D eigenvalue weighted by atomic mass is 19.4. The number of halogens is 3. The van der Waals surface area contributed by atoms with Crippen LogP contribution in [0.25, 0.3) is 5.57 Å². The Labute approximate surface area is 143 Å². The van der Waals surface area contributed by atoms with Gasteiger partial charge in [0.1, 0.15) is 6.17 Å². The van der Waals surface area contributed by atoms with E-state index in [2.05, 4.69) is 5.10 Å². The molecule has 0 bridgehead atoms. The first-order valence-electron chi connectivity index (χ1n) is 7.62. The molecule has 2 aliphatic rings. The van der Waals surface area contributed by atoms with Gasteiger partial charge in [0.05, 0.1) is 11.3 Å². The number of hydrogen-bond acceptors (Lipinski definition) is 3. The minimum absolute atomic E-state index is 0.249. The van der Waals surface area contributed by atoms with Gasteiger partial charge in [-0.25, -0.2) is 5.01 Å². The van der Waals surface area contributed by atoms with Crippen molar-refractivity contribution in [3.8, 4) is 0 Å². The number of nitrogens with zero attached hydrogens (tertiary/aromatic N) is 3. The van der Waals surface area contributed by atoms with Crippen LogP contribution in [0.15, 0.2) is 59.9 Å². The Morgan fingerprint density at radius 2 is 1.76 bits per heavy atom. The van der Waals surface area contributed by atoms with E-state index in [9.17, 15) is 18.0 Å². The van der Waals surface area contributed by atoms with E-state index >= 15 is 0 Å². The fraction of sp³-hybridized carbons (Fsp3) is 0.222. The number of hydrazone groups is 1.